The third kappa shape index (κ3) is 2.75. The number of nitrogens with zero attached hydrogens (tertiary/aromatic N) is 3. The molecule has 0 bridgehead atoms. The number of aromatic nitrogens is 2. The maximum atomic E-state index is 12.3. The summed E-state index contributed by atoms with van der Waals surface area (Å²) in [6.45, 7) is 7.51. The highest BCUT2D eigenvalue weighted by atomic mass is 16.1. The molecule has 0 aromatic carbocycles. The van der Waals surface area contributed by atoms with E-state index in [0.29, 0.717) is 18.3 Å². The molecule has 2 heterocycles. The van der Waals surface area contributed by atoms with Crippen molar-refractivity contribution >= 4 is 0 Å². The number of aryl methyl sites for hydroxylation is 1. The van der Waals surface area contributed by atoms with Gasteiger partial charge in [-0.05, 0) is 45.1 Å². The average molecular weight is 275 g/mol. The summed E-state index contributed by atoms with van der Waals surface area (Å²) in [6, 6.07) is 2.63. The van der Waals surface area contributed by atoms with Crippen LogP contribution in [0.1, 0.15) is 49.4 Å². The lowest BCUT2D eigenvalue weighted by molar-refractivity contribution is -0.953. The average Bonchev–Trinajstić information content (AvgIpc) is 2.46. The van der Waals surface area contributed by atoms with Gasteiger partial charge in [0.05, 0.1) is 18.3 Å². The number of piperidine rings is 1. The molecule has 5 heteroatoms. The second-order valence-electron chi connectivity index (χ2n) is 5.67. The summed E-state index contributed by atoms with van der Waals surface area (Å²) in [5, 5.41) is 13.5. The zero-order valence-corrected chi connectivity index (χ0v) is 12.6. The zero-order valence-electron chi connectivity index (χ0n) is 12.6. The lowest BCUT2D eigenvalue weighted by Gasteiger charge is -2.31. The van der Waals surface area contributed by atoms with Crippen molar-refractivity contribution in [1.29, 1.82) is 5.26 Å². The van der Waals surface area contributed by atoms with Crippen LogP contribution in [0, 0.1) is 25.2 Å². The van der Waals surface area contributed by atoms with Gasteiger partial charge in [-0.3, -0.25) is 4.79 Å². The fourth-order valence-corrected chi connectivity index (χ4v) is 3.06. The standard InChI is InChI=1S/C15H22N4O/c1-4-13-7-5-6-8-18(13)10-19-15(20)14(9-16)11(2)12(3)17-19/h13H,4-8,10H2,1-3H3/p+1/t13-/m1/s1. The summed E-state index contributed by atoms with van der Waals surface area (Å²) in [7, 11) is 0. The van der Waals surface area contributed by atoms with Crippen LogP contribution in [-0.2, 0) is 6.67 Å². The van der Waals surface area contributed by atoms with Crippen LogP contribution in [0.25, 0.3) is 0 Å². The highest BCUT2D eigenvalue weighted by Gasteiger charge is 2.25. The Hall–Kier alpha value is -1.67. The molecular weight excluding hydrogens is 252 g/mol. The molecule has 0 radical (unpaired) electrons. The number of quaternary nitrogens is 1. The summed E-state index contributed by atoms with van der Waals surface area (Å²) >= 11 is 0. The Morgan fingerprint density at radius 1 is 1.45 bits per heavy atom. The monoisotopic (exact) mass is 275 g/mol. The van der Waals surface area contributed by atoms with Crippen LogP contribution in [-0.4, -0.2) is 22.4 Å². The molecule has 5 nitrogen and oxygen atoms in total. The summed E-state index contributed by atoms with van der Waals surface area (Å²) < 4.78 is 1.49. The van der Waals surface area contributed by atoms with Crippen LogP contribution in [0.5, 0.6) is 0 Å². The molecule has 1 aromatic rings. The van der Waals surface area contributed by atoms with Gasteiger partial charge in [0.25, 0.3) is 5.56 Å². The second kappa shape index (κ2) is 6.19. The molecule has 2 atom stereocenters. The largest absolute Gasteiger partial charge is 0.314 e. The number of likely N-dealkylation sites (tertiary alicyclic amines) is 1. The van der Waals surface area contributed by atoms with Crippen LogP contribution in [0.4, 0.5) is 0 Å². The summed E-state index contributed by atoms with van der Waals surface area (Å²) in [4.78, 5) is 13.7. The molecule has 20 heavy (non-hydrogen) atoms. The van der Waals surface area contributed by atoms with Gasteiger partial charge in [0.2, 0.25) is 0 Å². The number of rotatable bonds is 3. The van der Waals surface area contributed by atoms with Crippen molar-refractivity contribution in [3.63, 3.8) is 0 Å². The van der Waals surface area contributed by atoms with Gasteiger partial charge in [0.1, 0.15) is 11.6 Å². The van der Waals surface area contributed by atoms with Gasteiger partial charge in [-0.25, -0.2) is 0 Å². The number of hydrogen-bond donors (Lipinski definition) is 1. The van der Waals surface area contributed by atoms with Crippen molar-refractivity contribution in [3.8, 4) is 6.07 Å². The first-order valence-corrected chi connectivity index (χ1v) is 7.41. The van der Waals surface area contributed by atoms with Crippen molar-refractivity contribution in [3.05, 3.63) is 27.2 Å². The summed E-state index contributed by atoms with van der Waals surface area (Å²) in [5.41, 5.74) is 1.46. The Labute approximate surface area is 119 Å². The summed E-state index contributed by atoms with van der Waals surface area (Å²) in [5.74, 6) is 0. The molecule has 1 aliphatic rings. The van der Waals surface area contributed by atoms with Crippen molar-refractivity contribution in [1.82, 2.24) is 9.78 Å². The Bertz CT molecular complexity index is 585. The van der Waals surface area contributed by atoms with Crippen LogP contribution >= 0.6 is 0 Å². The Morgan fingerprint density at radius 2 is 2.20 bits per heavy atom. The van der Waals surface area contributed by atoms with E-state index >= 15 is 0 Å². The van der Waals surface area contributed by atoms with E-state index in [-0.39, 0.29) is 11.1 Å². The molecule has 1 aromatic heterocycles. The predicted octanol–water partition coefficient (Wildman–Crippen LogP) is 0.537. The number of nitrogens with one attached hydrogen (secondary N) is 1. The van der Waals surface area contributed by atoms with Gasteiger partial charge in [0, 0.05) is 0 Å². The van der Waals surface area contributed by atoms with Crippen molar-refractivity contribution in [2.45, 2.75) is 59.2 Å². The summed E-state index contributed by atoms with van der Waals surface area (Å²) in [6.07, 6.45) is 4.83. The minimum atomic E-state index is -0.247. The fourth-order valence-electron chi connectivity index (χ4n) is 3.06. The molecule has 1 aliphatic heterocycles. The molecule has 0 saturated carbocycles. The van der Waals surface area contributed by atoms with Crippen molar-refractivity contribution in [2.24, 2.45) is 0 Å². The quantitative estimate of drug-likeness (QED) is 0.875. The van der Waals surface area contributed by atoms with E-state index in [1.54, 1.807) is 6.92 Å². The number of hydrogen-bond acceptors (Lipinski definition) is 3. The van der Waals surface area contributed by atoms with E-state index in [9.17, 15) is 4.79 Å². The molecule has 108 valence electrons. The van der Waals surface area contributed by atoms with Crippen LogP contribution in [0.2, 0.25) is 0 Å². The first-order valence-electron chi connectivity index (χ1n) is 7.41. The molecule has 0 amide bonds. The zero-order chi connectivity index (χ0) is 14.7. The van der Waals surface area contributed by atoms with Gasteiger partial charge in [-0.1, -0.05) is 6.92 Å². The smallest absolute Gasteiger partial charge is 0.289 e. The van der Waals surface area contributed by atoms with Gasteiger partial charge >= 0.3 is 0 Å². The number of nitriles is 1. The maximum absolute atomic E-state index is 12.3. The molecule has 2 rings (SSSR count). The van der Waals surface area contributed by atoms with E-state index < -0.39 is 0 Å². The lowest BCUT2D eigenvalue weighted by Crippen LogP contribution is -3.16. The highest BCUT2D eigenvalue weighted by molar-refractivity contribution is 5.36. The maximum Gasteiger partial charge on any atom is 0.289 e. The minimum absolute atomic E-state index is 0.238. The Balaban J connectivity index is 2.32. The lowest BCUT2D eigenvalue weighted by atomic mass is 10.0. The second-order valence-corrected chi connectivity index (χ2v) is 5.67. The van der Waals surface area contributed by atoms with E-state index in [1.165, 1.54) is 28.8 Å². The third-order valence-corrected chi connectivity index (χ3v) is 4.47. The Morgan fingerprint density at radius 3 is 2.85 bits per heavy atom. The van der Waals surface area contributed by atoms with E-state index in [0.717, 1.165) is 18.7 Å². The predicted molar refractivity (Wildman–Crippen MR) is 76.4 cm³/mol. The molecule has 1 fully saturated rings. The van der Waals surface area contributed by atoms with Gasteiger partial charge in [-0.15, -0.1) is 0 Å². The topological polar surface area (TPSA) is 63.1 Å². The van der Waals surface area contributed by atoms with Gasteiger partial charge < -0.3 is 4.90 Å². The Kier molecular flexibility index (Phi) is 4.56. The fraction of sp³-hybridized carbons (Fsp3) is 0.667. The third-order valence-electron chi connectivity index (χ3n) is 4.47. The van der Waals surface area contributed by atoms with E-state index in [2.05, 4.69) is 12.0 Å². The van der Waals surface area contributed by atoms with E-state index in [1.807, 2.05) is 13.0 Å². The van der Waals surface area contributed by atoms with Crippen molar-refractivity contribution in [2.75, 3.05) is 6.54 Å². The van der Waals surface area contributed by atoms with E-state index in [4.69, 9.17) is 5.26 Å². The van der Waals surface area contributed by atoms with Crippen LogP contribution < -0.4 is 10.5 Å². The molecule has 1 saturated heterocycles. The first-order chi connectivity index (χ1) is 9.58. The molecule has 0 aliphatic carbocycles. The highest BCUT2D eigenvalue weighted by Crippen LogP contribution is 2.07. The SMILES string of the molecule is CC[C@@H]1CCCC[NH+]1Cn1nc(C)c(C)c(C#N)c1=O. The van der Waals surface area contributed by atoms with Crippen LogP contribution in [0.3, 0.4) is 0 Å². The normalized spacial score (nSPS) is 22.5. The first kappa shape index (κ1) is 14.7. The molecule has 1 unspecified atom stereocenters. The van der Waals surface area contributed by atoms with Gasteiger partial charge in [-0.2, -0.15) is 15.0 Å². The minimum Gasteiger partial charge on any atom is -0.314 e. The van der Waals surface area contributed by atoms with Gasteiger partial charge in [0.15, 0.2) is 6.67 Å². The van der Waals surface area contributed by atoms with Crippen LogP contribution in [0.15, 0.2) is 4.79 Å². The molecular formula is C15H23N4O+. The molecule has 1 N–H and O–H groups in total. The van der Waals surface area contributed by atoms with Crippen molar-refractivity contribution < 1.29 is 4.90 Å². The molecule has 0 spiro atoms.